The van der Waals surface area contributed by atoms with Crippen LogP contribution in [-0.2, 0) is 14.3 Å². The third kappa shape index (κ3) is 7.05. The molecule has 37 heavy (non-hydrogen) atoms. The number of alkyl carbamates (subject to hydrolysis) is 1. The highest BCUT2D eigenvalue weighted by atomic mass is 19.1. The first-order chi connectivity index (χ1) is 18.0. The number of halogens is 2. The van der Waals surface area contributed by atoms with Gasteiger partial charge >= 0.3 is 6.09 Å². The van der Waals surface area contributed by atoms with Gasteiger partial charge < -0.3 is 20.1 Å². The topological polar surface area (TPSA) is 79.9 Å². The van der Waals surface area contributed by atoms with Gasteiger partial charge in [0.15, 0.2) is 0 Å². The minimum absolute atomic E-state index is 0.138. The van der Waals surface area contributed by atoms with Crippen molar-refractivity contribution in [3.63, 3.8) is 0 Å². The van der Waals surface area contributed by atoms with Crippen LogP contribution in [0.4, 0.5) is 13.6 Å². The molecule has 2 amide bonds. The predicted molar refractivity (Wildman–Crippen MR) is 135 cm³/mol. The fourth-order valence-electron chi connectivity index (χ4n) is 5.42. The molecule has 0 saturated carbocycles. The maximum atomic E-state index is 14.7. The quantitative estimate of drug-likeness (QED) is 0.491. The molecule has 1 unspecified atom stereocenters. The summed E-state index contributed by atoms with van der Waals surface area (Å²) < 4.78 is 38.6. The molecule has 2 saturated heterocycles. The van der Waals surface area contributed by atoms with E-state index < -0.39 is 23.6 Å². The van der Waals surface area contributed by atoms with E-state index in [2.05, 4.69) is 15.5 Å². The van der Waals surface area contributed by atoms with Crippen LogP contribution in [0.25, 0.3) is 0 Å². The standard InChI is InChI=1S/C28H35F2N3O4/c1-36-28(35)32-26(19-6-3-2-4-7-19)8-5-13-31-27(34)24-18-33(21-11-14-37-15-12-21)17-23(24)22-10-9-20(29)16-25(22)30/h2-4,6-7,9-10,16,21,23-24,26H,5,8,11-15,17-18H2,1H3,(H,31,34)(H,32,35)/t23-,24+,26?/m0/s1. The van der Waals surface area contributed by atoms with Gasteiger partial charge in [-0.1, -0.05) is 36.4 Å². The van der Waals surface area contributed by atoms with Gasteiger partial charge in [0.25, 0.3) is 0 Å². The Hall–Kier alpha value is -3.04. The molecule has 0 bridgehead atoms. The molecule has 2 aliphatic heterocycles. The lowest BCUT2D eigenvalue weighted by Crippen LogP contribution is -2.39. The average Bonchev–Trinajstić information content (AvgIpc) is 3.36. The molecule has 200 valence electrons. The second-order valence-corrected chi connectivity index (χ2v) is 9.71. The largest absolute Gasteiger partial charge is 0.453 e. The lowest BCUT2D eigenvalue weighted by Gasteiger charge is -2.31. The molecule has 2 aromatic carbocycles. The Morgan fingerprint density at radius 3 is 2.57 bits per heavy atom. The number of benzene rings is 2. The molecule has 2 heterocycles. The Kier molecular flexibility index (Phi) is 9.46. The van der Waals surface area contributed by atoms with E-state index in [1.807, 2.05) is 30.3 Å². The Morgan fingerprint density at radius 2 is 1.86 bits per heavy atom. The van der Waals surface area contributed by atoms with Crippen molar-refractivity contribution in [1.29, 1.82) is 0 Å². The van der Waals surface area contributed by atoms with Gasteiger partial charge in [-0.2, -0.15) is 0 Å². The van der Waals surface area contributed by atoms with Crippen LogP contribution in [0, 0.1) is 17.6 Å². The maximum Gasteiger partial charge on any atom is 0.407 e. The Bertz CT molecular complexity index is 1050. The molecule has 0 aromatic heterocycles. The Balaban J connectivity index is 1.39. The van der Waals surface area contributed by atoms with Crippen LogP contribution >= 0.6 is 0 Å². The zero-order valence-corrected chi connectivity index (χ0v) is 21.1. The number of hydrogen-bond acceptors (Lipinski definition) is 5. The van der Waals surface area contributed by atoms with E-state index in [9.17, 15) is 18.4 Å². The summed E-state index contributed by atoms with van der Waals surface area (Å²) >= 11 is 0. The van der Waals surface area contributed by atoms with Gasteiger partial charge in [0, 0.05) is 50.9 Å². The zero-order chi connectivity index (χ0) is 26.2. The normalized spacial score (nSPS) is 21.4. The molecule has 2 N–H and O–H groups in total. The van der Waals surface area contributed by atoms with Crippen LogP contribution in [0.5, 0.6) is 0 Å². The number of methoxy groups -OCH3 is 1. The summed E-state index contributed by atoms with van der Waals surface area (Å²) in [7, 11) is 1.32. The van der Waals surface area contributed by atoms with Gasteiger partial charge in [-0.25, -0.2) is 13.6 Å². The molecule has 9 heteroatoms. The van der Waals surface area contributed by atoms with Gasteiger partial charge in [-0.05, 0) is 42.9 Å². The number of nitrogens with zero attached hydrogens (tertiary/aromatic N) is 1. The third-order valence-corrected chi connectivity index (χ3v) is 7.40. The smallest absolute Gasteiger partial charge is 0.407 e. The number of likely N-dealkylation sites (tertiary alicyclic amines) is 1. The number of nitrogens with one attached hydrogen (secondary N) is 2. The Labute approximate surface area is 216 Å². The molecule has 0 aliphatic carbocycles. The molecule has 0 spiro atoms. The van der Waals surface area contributed by atoms with E-state index in [1.165, 1.54) is 19.2 Å². The summed E-state index contributed by atoms with van der Waals surface area (Å²) in [5.74, 6) is -2.19. The van der Waals surface area contributed by atoms with Gasteiger partial charge in [0.2, 0.25) is 5.91 Å². The molecule has 2 fully saturated rings. The van der Waals surface area contributed by atoms with E-state index in [0.29, 0.717) is 51.3 Å². The summed E-state index contributed by atoms with van der Waals surface area (Å²) in [5, 5.41) is 5.87. The summed E-state index contributed by atoms with van der Waals surface area (Å²) in [6.45, 7) is 2.84. The van der Waals surface area contributed by atoms with Gasteiger partial charge in [0.1, 0.15) is 11.6 Å². The fraction of sp³-hybridized carbons (Fsp3) is 0.500. The number of rotatable bonds is 9. The van der Waals surface area contributed by atoms with E-state index in [0.717, 1.165) is 24.5 Å². The van der Waals surface area contributed by atoms with E-state index >= 15 is 0 Å². The molecule has 2 aliphatic rings. The van der Waals surface area contributed by atoms with Gasteiger partial charge in [-0.15, -0.1) is 0 Å². The molecular weight excluding hydrogens is 480 g/mol. The van der Waals surface area contributed by atoms with Crippen LogP contribution in [0.15, 0.2) is 48.5 Å². The second kappa shape index (κ2) is 13.0. The minimum atomic E-state index is -0.630. The molecule has 4 rings (SSSR count). The first-order valence-corrected chi connectivity index (χ1v) is 12.9. The van der Waals surface area contributed by atoms with Crippen LogP contribution in [-0.4, -0.2) is 62.9 Å². The maximum absolute atomic E-state index is 14.7. The minimum Gasteiger partial charge on any atom is -0.453 e. The molecule has 3 atom stereocenters. The molecule has 2 aromatic rings. The number of carbonyl (C=O) groups is 2. The van der Waals surface area contributed by atoms with E-state index in [-0.39, 0.29) is 23.9 Å². The van der Waals surface area contributed by atoms with Gasteiger partial charge in [-0.3, -0.25) is 9.69 Å². The number of carbonyl (C=O) groups excluding carboxylic acids is 2. The van der Waals surface area contributed by atoms with Crippen molar-refractivity contribution in [3.8, 4) is 0 Å². The lowest BCUT2D eigenvalue weighted by molar-refractivity contribution is -0.125. The molecular formula is C28H35F2N3O4. The third-order valence-electron chi connectivity index (χ3n) is 7.40. The summed E-state index contributed by atoms with van der Waals surface area (Å²) in [6, 6.07) is 13.2. The van der Waals surface area contributed by atoms with Gasteiger partial charge in [0.05, 0.1) is 19.1 Å². The average molecular weight is 516 g/mol. The lowest BCUT2D eigenvalue weighted by atomic mass is 9.88. The van der Waals surface area contributed by atoms with Crippen LogP contribution in [0.3, 0.4) is 0 Å². The highest BCUT2D eigenvalue weighted by Crippen LogP contribution is 2.37. The fourth-order valence-corrected chi connectivity index (χ4v) is 5.42. The van der Waals surface area contributed by atoms with Crippen molar-refractivity contribution in [2.24, 2.45) is 5.92 Å². The van der Waals surface area contributed by atoms with Crippen molar-refractivity contribution in [3.05, 3.63) is 71.3 Å². The van der Waals surface area contributed by atoms with Crippen molar-refractivity contribution < 1.29 is 27.8 Å². The van der Waals surface area contributed by atoms with Crippen LogP contribution < -0.4 is 10.6 Å². The van der Waals surface area contributed by atoms with Crippen molar-refractivity contribution >= 4 is 12.0 Å². The van der Waals surface area contributed by atoms with Crippen molar-refractivity contribution in [1.82, 2.24) is 15.5 Å². The first kappa shape index (κ1) is 27.0. The van der Waals surface area contributed by atoms with Crippen molar-refractivity contribution in [2.75, 3.05) is 40.0 Å². The zero-order valence-electron chi connectivity index (χ0n) is 21.1. The monoisotopic (exact) mass is 515 g/mol. The second-order valence-electron chi connectivity index (χ2n) is 9.71. The van der Waals surface area contributed by atoms with E-state index in [4.69, 9.17) is 9.47 Å². The first-order valence-electron chi connectivity index (χ1n) is 12.9. The number of amides is 2. The molecule has 7 nitrogen and oxygen atoms in total. The van der Waals surface area contributed by atoms with Crippen molar-refractivity contribution in [2.45, 2.75) is 43.7 Å². The highest BCUT2D eigenvalue weighted by molar-refractivity contribution is 5.80. The summed E-state index contributed by atoms with van der Waals surface area (Å²) in [6.07, 6.45) is 2.47. The summed E-state index contributed by atoms with van der Waals surface area (Å²) in [5.41, 5.74) is 1.33. The highest BCUT2D eigenvalue weighted by Gasteiger charge is 2.42. The number of ether oxygens (including phenoxy) is 2. The van der Waals surface area contributed by atoms with Crippen LogP contribution in [0.2, 0.25) is 0 Å². The van der Waals surface area contributed by atoms with Crippen LogP contribution in [0.1, 0.15) is 48.8 Å². The SMILES string of the molecule is COC(=O)NC(CCCNC(=O)[C@@H]1CN(C2CCOCC2)C[C@H]1c1ccc(F)cc1F)c1ccccc1. The van der Waals surface area contributed by atoms with E-state index in [1.54, 1.807) is 0 Å². The Morgan fingerprint density at radius 1 is 1.11 bits per heavy atom. The predicted octanol–water partition coefficient (Wildman–Crippen LogP) is 4.15. The number of hydrogen-bond donors (Lipinski definition) is 2. The summed E-state index contributed by atoms with van der Waals surface area (Å²) in [4.78, 5) is 27.4. The molecule has 0 radical (unpaired) electrons.